The molecule has 0 aromatic carbocycles. The van der Waals surface area contributed by atoms with Gasteiger partial charge in [-0.25, -0.2) is 0 Å². The zero-order valence-corrected chi connectivity index (χ0v) is 14.4. The molecule has 3 heterocycles. The van der Waals surface area contributed by atoms with Crippen LogP contribution in [-0.4, -0.2) is 51.4 Å². The molecule has 0 N–H and O–H groups in total. The van der Waals surface area contributed by atoms with Crippen LogP contribution in [0.25, 0.3) is 0 Å². The highest BCUT2D eigenvalue weighted by Gasteiger charge is 2.42. The van der Waals surface area contributed by atoms with Gasteiger partial charge >= 0.3 is 0 Å². The normalized spacial score (nSPS) is 29.7. The van der Waals surface area contributed by atoms with E-state index >= 15 is 0 Å². The number of likely N-dealkylation sites (tertiary alicyclic amines) is 2. The van der Waals surface area contributed by atoms with E-state index in [0.717, 1.165) is 44.7 Å². The van der Waals surface area contributed by atoms with Gasteiger partial charge in [0.1, 0.15) is 0 Å². The number of hydrogen-bond donors (Lipinski definition) is 0. The second-order valence-electron chi connectivity index (χ2n) is 8.10. The molecule has 0 unspecified atom stereocenters. The van der Waals surface area contributed by atoms with E-state index < -0.39 is 0 Å². The van der Waals surface area contributed by atoms with Crippen molar-refractivity contribution in [2.75, 3.05) is 19.6 Å². The fourth-order valence-electron chi connectivity index (χ4n) is 4.14. The molecule has 0 bridgehead atoms. The topological polar surface area (TPSA) is 79.5 Å². The summed E-state index contributed by atoms with van der Waals surface area (Å²) in [5.74, 6) is 2.48. The Labute approximate surface area is 146 Å². The molecule has 0 spiro atoms. The van der Waals surface area contributed by atoms with Gasteiger partial charge in [-0.1, -0.05) is 5.16 Å². The van der Waals surface area contributed by atoms with E-state index in [0.29, 0.717) is 30.6 Å². The Hall–Kier alpha value is -1.92. The molecule has 4 fully saturated rings. The molecule has 2 aliphatic carbocycles. The molecule has 2 saturated heterocycles. The number of amides is 2. The predicted molar refractivity (Wildman–Crippen MR) is 87.4 cm³/mol. The third-order valence-corrected chi connectivity index (χ3v) is 5.96. The van der Waals surface area contributed by atoms with Crippen LogP contribution < -0.4 is 0 Å². The molecular weight excluding hydrogens is 320 g/mol. The van der Waals surface area contributed by atoms with Crippen LogP contribution in [0.1, 0.15) is 68.6 Å². The van der Waals surface area contributed by atoms with Gasteiger partial charge in [0.25, 0.3) is 0 Å². The second kappa shape index (κ2) is 5.81. The van der Waals surface area contributed by atoms with E-state index in [4.69, 9.17) is 4.52 Å². The number of rotatable bonds is 5. The number of aromatic nitrogens is 2. The highest BCUT2D eigenvalue weighted by molar-refractivity contribution is 5.89. The van der Waals surface area contributed by atoms with Gasteiger partial charge in [-0.2, -0.15) is 4.98 Å². The number of hydrogen-bond acceptors (Lipinski definition) is 5. The lowest BCUT2D eigenvalue weighted by Gasteiger charge is -2.25. The molecule has 2 amide bonds. The maximum atomic E-state index is 13.0. The standard InChI is InChI=1S/C18H24N4O3/c23-15-8-13(10-21(15)9-11-3-4-11)18(24)22-7-1-2-14(22)16-19-17(25-20-16)12-5-6-12/h11-14H,1-10H2/t13-,14+/m0/s1. The summed E-state index contributed by atoms with van der Waals surface area (Å²) in [4.78, 5) is 33.6. The zero-order chi connectivity index (χ0) is 17.0. The molecule has 7 heteroatoms. The second-order valence-corrected chi connectivity index (χ2v) is 8.10. The zero-order valence-electron chi connectivity index (χ0n) is 14.4. The fourth-order valence-corrected chi connectivity index (χ4v) is 4.14. The lowest BCUT2D eigenvalue weighted by Crippen LogP contribution is -2.37. The van der Waals surface area contributed by atoms with Crippen LogP contribution in [0.5, 0.6) is 0 Å². The minimum Gasteiger partial charge on any atom is -0.342 e. The van der Waals surface area contributed by atoms with E-state index in [1.54, 1.807) is 0 Å². The highest BCUT2D eigenvalue weighted by atomic mass is 16.5. The molecule has 134 valence electrons. The van der Waals surface area contributed by atoms with Crippen molar-refractivity contribution in [3.63, 3.8) is 0 Å². The molecule has 4 aliphatic rings. The Kier molecular flexibility index (Phi) is 3.57. The van der Waals surface area contributed by atoms with Gasteiger partial charge in [-0.15, -0.1) is 0 Å². The molecule has 2 aliphatic heterocycles. The van der Waals surface area contributed by atoms with Gasteiger partial charge < -0.3 is 14.3 Å². The Bertz CT molecular complexity index is 694. The lowest BCUT2D eigenvalue weighted by molar-refractivity contribution is -0.136. The van der Waals surface area contributed by atoms with Gasteiger partial charge in [-0.05, 0) is 44.4 Å². The molecule has 7 nitrogen and oxygen atoms in total. The van der Waals surface area contributed by atoms with Gasteiger partial charge in [-0.3, -0.25) is 9.59 Å². The Morgan fingerprint density at radius 2 is 2.04 bits per heavy atom. The van der Waals surface area contributed by atoms with Crippen molar-refractivity contribution in [2.24, 2.45) is 11.8 Å². The number of nitrogens with zero attached hydrogens (tertiary/aromatic N) is 4. The highest BCUT2D eigenvalue weighted by Crippen LogP contribution is 2.40. The van der Waals surface area contributed by atoms with Crippen LogP contribution in [0, 0.1) is 11.8 Å². The van der Waals surface area contributed by atoms with Gasteiger partial charge in [0.15, 0.2) is 5.82 Å². The predicted octanol–water partition coefficient (Wildman–Crippen LogP) is 1.87. The molecule has 1 aromatic heterocycles. The first-order chi connectivity index (χ1) is 12.2. The van der Waals surface area contributed by atoms with Crippen LogP contribution in [0.3, 0.4) is 0 Å². The summed E-state index contributed by atoms with van der Waals surface area (Å²) in [6.45, 7) is 2.14. The molecule has 1 aromatic rings. The molecule has 0 radical (unpaired) electrons. The first-order valence-electron chi connectivity index (χ1n) is 9.61. The molecular formula is C18H24N4O3. The monoisotopic (exact) mass is 344 g/mol. The van der Waals surface area contributed by atoms with Crippen LogP contribution in [-0.2, 0) is 9.59 Å². The third kappa shape index (κ3) is 2.93. The molecule has 2 atom stereocenters. The van der Waals surface area contributed by atoms with Gasteiger partial charge in [0.2, 0.25) is 17.7 Å². The fraction of sp³-hybridized carbons (Fsp3) is 0.778. The Morgan fingerprint density at radius 1 is 1.20 bits per heavy atom. The maximum Gasteiger partial charge on any atom is 0.229 e. The van der Waals surface area contributed by atoms with E-state index in [-0.39, 0.29) is 23.8 Å². The van der Waals surface area contributed by atoms with Gasteiger partial charge in [0, 0.05) is 32.0 Å². The molecule has 5 rings (SSSR count). The van der Waals surface area contributed by atoms with E-state index in [2.05, 4.69) is 10.1 Å². The molecule has 2 saturated carbocycles. The lowest BCUT2D eigenvalue weighted by atomic mass is 10.1. The third-order valence-electron chi connectivity index (χ3n) is 5.96. The first-order valence-corrected chi connectivity index (χ1v) is 9.61. The summed E-state index contributed by atoms with van der Waals surface area (Å²) in [7, 11) is 0. The largest absolute Gasteiger partial charge is 0.342 e. The number of carbonyl (C=O) groups is 2. The van der Waals surface area contributed by atoms with Crippen molar-refractivity contribution in [3.05, 3.63) is 11.7 Å². The Morgan fingerprint density at radius 3 is 2.80 bits per heavy atom. The molecule has 25 heavy (non-hydrogen) atoms. The van der Waals surface area contributed by atoms with Crippen LogP contribution in [0.15, 0.2) is 4.52 Å². The smallest absolute Gasteiger partial charge is 0.229 e. The van der Waals surface area contributed by atoms with Crippen LogP contribution in [0.4, 0.5) is 0 Å². The van der Waals surface area contributed by atoms with Gasteiger partial charge in [0.05, 0.1) is 12.0 Å². The van der Waals surface area contributed by atoms with E-state index in [1.807, 2.05) is 9.80 Å². The number of carbonyl (C=O) groups excluding carboxylic acids is 2. The van der Waals surface area contributed by atoms with Crippen molar-refractivity contribution in [3.8, 4) is 0 Å². The van der Waals surface area contributed by atoms with E-state index in [1.165, 1.54) is 12.8 Å². The summed E-state index contributed by atoms with van der Waals surface area (Å²) in [5.41, 5.74) is 0. The first kappa shape index (κ1) is 15.3. The van der Waals surface area contributed by atoms with Crippen LogP contribution >= 0.6 is 0 Å². The minimum absolute atomic E-state index is 0.0867. The summed E-state index contributed by atoms with van der Waals surface area (Å²) in [6, 6.07) is -0.0867. The average molecular weight is 344 g/mol. The average Bonchev–Trinajstić information content (AvgIpc) is 3.47. The SMILES string of the molecule is O=C1C[C@H](C(=O)N2CCC[C@@H]2c2noc(C3CC3)n2)CN1CC1CC1. The van der Waals surface area contributed by atoms with Crippen molar-refractivity contribution >= 4 is 11.8 Å². The van der Waals surface area contributed by atoms with Crippen LogP contribution in [0.2, 0.25) is 0 Å². The summed E-state index contributed by atoms with van der Waals surface area (Å²) in [6.07, 6.45) is 6.87. The van der Waals surface area contributed by atoms with Crippen molar-refractivity contribution in [2.45, 2.75) is 56.9 Å². The van der Waals surface area contributed by atoms with Crippen molar-refractivity contribution < 1.29 is 14.1 Å². The summed E-state index contributed by atoms with van der Waals surface area (Å²) < 4.78 is 5.38. The quantitative estimate of drug-likeness (QED) is 0.815. The summed E-state index contributed by atoms with van der Waals surface area (Å²) >= 11 is 0. The maximum absolute atomic E-state index is 13.0. The summed E-state index contributed by atoms with van der Waals surface area (Å²) in [5, 5.41) is 4.14. The van der Waals surface area contributed by atoms with E-state index in [9.17, 15) is 9.59 Å². The minimum atomic E-state index is -0.207. The Balaban J connectivity index is 1.27. The van der Waals surface area contributed by atoms with Crippen molar-refractivity contribution in [1.29, 1.82) is 0 Å². The van der Waals surface area contributed by atoms with Crippen molar-refractivity contribution in [1.82, 2.24) is 19.9 Å².